The number of rotatable bonds is 6. The van der Waals surface area contributed by atoms with E-state index >= 15 is 0 Å². The second-order valence-electron chi connectivity index (χ2n) is 7.35. The van der Waals surface area contributed by atoms with E-state index in [1.807, 2.05) is 0 Å². The molecule has 1 nitrogen and oxygen atoms in total. The Kier molecular flexibility index (Phi) is 6.83. The Labute approximate surface area is 138 Å². The third-order valence-electron chi connectivity index (χ3n) is 4.21. The van der Waals surface area contributed by atoms with Crippen molar-refractivity contribution in [1.29, 1.82) is 0 Å². The van der Waals surface area contributed by atoms with E-state index in [1.165, 1.54) is 16.7 Å². The second kappa shape index (κ2) is 7.93. The Balaban J connectivity index is 3.35. The number of hydrogen-bond acceptors (Lipinski definition) is 1. The molecule has 22 heavy (non-hydrogen) atoms. The molecule has 0 amide bonds. The first kappa shape index (κ1) is 18.9. The first-order valence-electron chi connectivity index (χ1n) is 8.34. The highest BCUT2D eigenvalue weighted by Crippen LogP contribution is 2.31. The lowest BCUT2D eigenvalue weighted by atomic mass is 9.94. The van der Waals surface area contributed by atoms with Gasteiger partial charge in [0, 0.05) is 0 Å². The summed E-state index contributed by atoms with van der Waals surface area (Å²) in [6.07, 6.45) is 4.78. The van der Waals surface area contributed by atoms with Gasteiger partial charge in [-0.05, 0) is 43.5 Å². The molecule has 122 valence electrons. The van der Waals surface area contributed by atoms with E-state index in [2.05, 4.69) is 96.1 Å². The fourth-order valence-corrected chi connectivity index (χ4v) is 5.17. The molecule has 0 aliphatic carbocycles. The van der Waals surface area contributed by atoms with Crippen molar-refractivity contribution in [3.05, 3.63) is 58.3 Å². The minimum atomic E-state index is -1.34. The Morgan fingerprint density at radius 3 is 2.14 bits per heavy atom. The smallest absolute Gasteiger partial charge is 0.0775 e. The van der Waals surface area contributed by atoms with E-state index in [0.717, 1.165) is 0 Å². The van der Waals surface area contributed by atoms with Crippen molar-refractivity contribution in [1.82, 2.24) is 5.32 Å². The van der Waals surface area contributed by atoms with Gasteiger partial charge in [0.1, 0.15) is 0 Å². The van der Waals surface area contributed by atoms with Gasteiger partial charge in [-0.1, -0.05) is 75.1 Å². The molecule has 0 aromatic heterocycles. The van der Waals surface area contributed by atoms with Gasteiger partial charge in [0.05, 0.1) is 14.1 Å². The van der Waals surface area contributed by atoms with Gasteiger partial charge in [-0.2, -0.15) is 0 Å². The third-order valence-corrected chi connectivity index (χ3v) is 6.40. The summed E-state index contributed by atoms with van der Waals surface area (Å²) in [4.78, 5) is 0. The largest absolute Gasteiger partial charge is 0.310 e. The molecule has 1 atom stereocenters. The molecule has 1 rings (SSSR count). The monoisotopic (exact) mass is 315 g/mol. The summed E-state index contributed by atoms with van der Waals surface area (Å²) in [5.41, 5.74) is 4.22. The predicted molar refractivity (Wildman–Crippen MR) is 103 cm³/mol. The zero-order valence-corrected chi connectivity index (χ0v) is 16.6. The van der Waals surface area contributed by atoms with Crippen LogP contribution < -0.4 is 5.32 Å². The zero-order chi connectivity index (χ0) is 16.9. The standard InChI is InChI=1S/C20H33NSi/c1-9-20(22(6,7)8)18(15(2)3)14-19(21-5)17-13-11-10-12-16(17)4/h9-15,19,21H,1-8H3/b18-14-,20-9+. The van der Waals surface area contributed by atoms with Gasteiger partial charge in [0.2, 0.25) is 0 Å². The molecule has 0 saturated carbocycles. The lowest BCUT2D eigenvalue weighted by Crippen LogP contribution is -2.28. The van der Waals surface area contributed by atoms with Crippen LogP contribution in [0.2, 0.25) is 19.6 Å². The van der Waals surface area contributed by atoms with Crippen molar-refractivity contribution in [2.24, 2.45) is 5.92 Å². The van der Waals surface area contributed by atoms with E-state index in [9.17, 15) is 0 Å². The van der Waals surface area contributed by atoms with Crippen LogP contribution in [-0.4, -0.2) is 15.1 Å². The lowest BCUT2D eigenvalue weighted by molar-refractivity contribution is 0.686. The molecule has 0 radical (unpaired) electrons. The number of likely N-dealkylation sites (N-methyl/N-ethyl adjacent to an activating group) is 1. The molecule has 1 N–H and O–H groups in total. The van der Waals surface area contributed by atoms with Crippen LogP contribution in [0.4, 0.5) is 0 Å². The number of allylic oxidation sites excluding steroid dienone is 3. The van der Waals surface area contributed by atoms with Crippen molar-refractivity contribution >= 4 is 8.07 Å². The maximum atomic E-state index is 3.49. The molecule has 2 heteroatoms. The summed E-state index contributed by atoms with van der Waals surface area (Å²) in [6, 6.07) is 8.93. The average molecular weight is 316 g/mol. The molecule has 0 aliphatic heterocycles. The van der Waals surface area contributed by atoms with Crippen LogP contribution in [0.25, 0.3) is 0 Å². The van der Waals surface area contributed by atoms with Gasteiger partial charge < -0.3 is 5.32 Å². The summed E-state index contributed by atoms with van der Waals surface area (Å²) >= 11 is 0. The topological polar surface area (TPSA) is 12.0 Å². The van der Waals surface area contributed by atoms with Gasteiger partial charge in [0.25, 0.3) is 0 Å². The van der Waals surface area contributed by atoms with Crippen LogP contribution in [-0.2, 0) is 0 Å². The Morgan fingerprint density at radius 1 is 1.14 bits per heavy atom. The molecular weight excluding hydrogens is 282 g/mol. The van der Waals surface area contributed by atoms with E-state index in [0.29, 0.717) is 5.92 Å². The molecule has 0 fully saturated rings. The second-order valence-corrected chi connectivity index (χ2v) is 12.4. The molecule has 1 aromatic carbocycles. The van der Waals surface area contributed by atoms with Crippen molar-refractivity contribution in [3.8, 4) is 0 Å². The molecule has 0 saturated heterocycles. The van der Waals surface area contributed by atoms with Crippen LogP contribution in [0.1, 0.15) is 37.9 Å². The van der Waals surface area contributed by atoms with Crippen molar-refractivity contribution < 1.29 is 0 Å². The van der Waals surface area contributed by atoms with Gasteiger partial charge in [-0.15, -0.1) is 0 Å². The zero-order valence-electron chi connectivity index (χ0n) is 15.6. The molecule has 0 spiro atoms. The van der Waals surface area contributed by atoms with E-state index < -0.39 is 8.07 Å². The maximum Gasteiger partial charge on any atom is 0.0775 e. The fourth-order valence-electron chi connectivity index (χ4n) is 3.07. The minimum absolute atomic E-state index is 0.268. The van der Waals surface area contributed by atoms with Gasteiger partial charge in [-0.3, -0.25) is 0 Å². The summed E-state index contributed by atoms with van der Waals surface area (Å²) in [5, 5.41) is 5.07. The minimum Gasteiger partial charge on any atom is -0.310 e. The lowest BCUT2D eigenvalue weighted by Gasteiger charge is -2.28. The number of aryl methyl sites for hydroxylation is 1. The molecule has 0 bridgehead atoms. The van der Waals surface area contributed by atoms with E-state index in [4.69, 9.17) is 0 Å². The first-order valence-corrected chi connectivity index (χ1v) is 11.8. The van der Waals surface area contributed by atoms with Gasteiger partial charge >= 0.3 is 0 Å². The maximum absolute atomic E-state index is 3.49. The van der Waals surface area contributed by atoms with Crippen LogP contribution in [0, 0.1) is 12.8 Å². The number of hydrogen-bond donors (Lipinski definition) is 1. The van der Waals surface area contributed by atoms with Gasteiger partial charge in [0.15, 0.2) is 0 Å². The molecule has 0 aliphatic rings. The van der Waals surface area contributed by atoms with Gasteiger partial charge in [-0.25, -0.2) is 0 Å². The predicted octanol–water partition coefficient (Wildman–Crippen LogP) is 5.66. The summed E-state index contributed by atoms with van der Waals surface area (Å²) in [5.74, 6) is 0.540. The molecule has 1 unspecified atom stereocenters. The van der Waals surface area contributed by atoms with Crippen LogP contribution in [0.15, 0.2) is 47.2 Å². The third kappa shape index (κ3) is 4.69. The van der Waals surface area contributed by atoms with Crippen molar-refractivity contribution in [3.63, 3.8) is 0 Å². The number of nitrogens with one attached hydrogen (secondary N) is 1. The number of benzene rings is 1. The Morgan fingerprint density at radius 2 is 1.73 bits per heavy atom. The van der Waals surface area contributed by atoms with Crippen molar-refractivity contribution in [2.75, 3.05) is 7.05 Å². The van der Waals surface area contributed by atoms with Crippen molar-refractivity contribution in [2.45, 2.75) is 53.4 Å². The van der Waals surface area contributed by atoms with Crippen LogP contribution in [0.3, 0.4) is 0 Å². The highest BCUT2D eigenvalue weighted by molar-refractivity contribution is 6.84. The fraction of sp³-hybridized carbons (Fsp3) is 0.500. The Bertz CT molecular complexity index is 547. The normalized spacial score (nSPS) is 15.3. The summed E-state index contributed by atoms with van der Waals surface area (Å²) in [7, 11) is 0.709. The Hall–Kier alpha value is -1.12. The van der Waals surface area contributed by atoms with Crippen LogP contribution >= 0.6 is 0 Å². The average Bonchev–Trinajstić information content (AvgIpc) is 2.42. The molecular formula is C20H33NSi. The first-order chi connectivity index (χ1) is 10.2. The van der Waals surface area contributed by atoms with Crippen LogP contribution in [0.5, 0.6) is 0 Å². The molecule has 1 aromatic rings. The summed E-state index contributed by atoms with van der Waals surface area (Å²) < 4.78 is 0. The SMILES string of the molecule is C/C=C(\C(=C/C(NC)c1ccccc1C)C(C)C)[Si](C)(C)C. The highest BCUT2D eigenvalue weighted by atomic mass is 28.3. The molecule has 0 heterocycles. The summed E-state index contributed by atoms with van der Waals surface area (Å²) in [6.45, 7) is 16.3. The highest BCUT2D eigenvalue weighted by Gasteiger charge is 2.24. The van der Waals surface area contributed by atoms with E-state index in [1.54, 1.807) is 5.20 Å². The van der Waals surface area contributed by atoms with E-state index in [-0.39, 0.29) is 6.04 Å². The quantitative estimate of drug-likeness (QED) is 0.527.